The molecule has 1 fully saturated rings. The molecule has 1 atom stereocenters. The number of hydrogen-bond donors (Lipinski definition) is 1. The third kappa shape index (κ3) is 4.19. The lowest BCUT2D eigenvalue weighted by Crippen LogP contribution is -2.29. The van der Waals surface area contributed by atoms with Gasteiger partial charge in [-0.1, -0.05) is 18.2 Å². The van der Waals surface area contributed by atoms with Gasteiger partial charge >= 0.3 is 0 Å². The molecule has 1 aliphatic rings. The molecule has 1 aliphatic heterocycles. The summed E-state index contributed by atoms with van der Waals surface area (Å²) in [7, 11) is -1.36. The summed E-state index contributed by atoms with van der Waals surface area (Å²) in [5.41, 5.74) is 1.88. The molecule has 23 heavy (non-hydrogen) atoms. The van der Waals surface area contributed by atoms with Crippen LogP contribution in [0.5, 0.6) is 0 Å². The summed E-state index contributed by atoms with van der Waals surface area (Å²) >= 11 is 0. The Morgan fingerprint density at radius 3 is 3.00 bits per heavy atom. The van der Waals surface area contributed by atoms with Crippen molar-refractivity contribution in [1.82, 2.24) is 14.3 Å². The Hall–Kier alpha value is -1.70. The van der Waals surface area contributed by atoms with E-state index in [1.807, 2.05) is 42.1 Å². The van der Waals surface area contributed by atoms with Gasteiger partial charge in [0.2, 0.25) is 10.0 Å². The first kappa shape index (κ1) is 16.2. The van der Waals surface area contributed by atoms with Crippen LogP contribution in [0, 0.1) is 5.92 Å². The molecule has 0 aliphatic carbocycles. The van der Waals surface area contributed by atoms with Gasteiger partial charge in [-0.05, 0) is 24.0 Å². The molecule has 3 rings (SSSR count). The van der Waals surface area contributed by atoms with E-state index >= 15 is 0 Å². The lowest BCUT2D eigenvalue weighted by Gasteiger charge is -2.11. The van der Waals surface area contributed by atoms with Gasteiger partial charge in [-0.2, -0.15) is 0 Å². The van der Waals surface area contributed by atoms with E-state index in [9.17, 15) is 8.42 Å². The van der Waals surface area contributed by atoms with E-state index in [4.69, 9.17) is 4.74 Å². The number of imidazole rings is 1. The van der Waals surface area contributed by atoms with Gasteiger partial charge in [-0.15, -0.1) is 0 Å². The normalized spacial score (nSPS) is 18.4. The molecule has 2 aromatic rings. The second-order valence-electron chi connectivity index (χ2n) is 5.89. The van der Waals surface area contributed by atoms with Crippen LogP contribution in [0.25, 0.3) is 11.4 Å². The van der Waals surface area contributed by atoms with Crippen molar-refractivity contribution in [1.29, 1.82) is 0 Å². The maximum atomic E-state index is 12.1. The van der Waals surface area contributed by atoms with Gasteiger partial charge in [0.25, 0.3) is 0 Å². The molecule has 0 radical (unpaired) electrons. The smallest absolute Gasteiger partial charge is 0.212 e. The van der Waals surface area contributed by atoms with Crippen LogP contribution in [-0.2, 0) is 28.4 Å². The van der Waals surface area contributed by atoms with Crippen molar-refractivity contribution < 1.29 is 13.2 Å². The largest absolute Gasteiger partial charge is 0.381 e. The first-order valence-corrected chi connectivity index (χ1v) is 9.30. The fourth-order valence-corrected chi connectivity index (χ4v) is 4.13. The zero-order chi connectivity index (χ0) is 16.3. The van der Waals surface area contributed by atoms with E-state index in [2.05, 4.69) is 9.71 Å². The number of rotatable bonds is 6. The number of benzene rings is 1. The predicted octanol–water partition coefficient (Wildman–Crippen LogP) is 1.54. The summed E-state index contributed by atoms with van der Waals surface area (Å²) in [5.74, 6) is 1.09. The fourth-order valence-electron chi connectivity index (χ4n) is 2.74. The maximum Gasteiger partial charge on any atom is 0.212 e. The number of sulfonamides is 1. The van der Waals surface area contributed by atoms with Crippen LogP contribution in [0.4, 0.5) is 0 Å². The Balaban J connectivity index is 1.65. The summed E-state index contributed by atoms with van der Waals surface area (Å²) in [6.45, 7) is 1.48. The summed E-state index contributed by atoms with van der Waals surface area (Å²) < 4.78 is 34.1. The van der Waals surface area contributed by atoms with Crippen molar-refractivity contribution in [2.45, 2.75) is 13.0 Å². The van der Waals surface area contributed by atoms with Crippen molar-refractivity contribution >= 4 is 10.0 Å². The van der Waals surface area contributed by atoms with Crippen molar-refractivity contribution in [3.63, 3.8) is 0 Å². The topological polar surface area (TPSA) is 73.2 Å². The maximum absolute atomic E-state index is 12.1. The monoisotopic (exact) mass is 335 g/mol. The van der Waals surface area contributed by atoms with Crippen LogP contribution >= 0.6 is 0 Å². The number of aryl methyl sites for hydroxylation is 1. The van der Waals surface area contributed by atoms with Crippen LogP contribution < -0.4 is 4.72 Å². The van der Waals surface area contributed by atoms with E-state index in [1.54, 1.807) is 6.20 Å². The molecule has 1 unspecified atom stereocenters. The van der Waals surface area contributed by atoms with Crippen LogP contribution in [0.15, 0.2) is 36.7 Å². The number of hydrogen-bond acceptors (Lipinski definition) is 4. The zero-order valence-electron chi connectivity index (χ0n) is 13.1. The molecule has 1 saturated heterocycles. The Bertz CT molecular complexity index is 764. The number of ether oxygens (including phenoxy) is 1. The lowest BCUT2D eigenvalue weighted by atomic mass is 10.1. The molecule has 1 aromatic heterocycles. The summed E-state index contributed by atoms with van der Waals surface area (Å²) in [4.78, 5) is 4.31. The molecule has 0 spiro atoms. The number of nitrogens with one attached hydrogen (secondary N) is 1. The lowest BCUT2D eigenvalue weighted by molar-refractivity contribution is 0.188. The molecular formula is C16H21N3O3S. The Labute approximate surface area is 136 Å². The zero-order valence-corrected chi connectivity index (χ0v) is 13.9. The molecule has 0 bridgehead atoms. The predicted molar refractivity (Wildman–Crippen MR) is 88.2 cm³/mol. The summed E-state index contributed by atoms with van der Waals surface area (Å²) in [6.07, 6.45) is 4.44. The highest BCUT2D eigenvalue weighted by Gasteiger charge is 2.22. The molecule has 6 nitrogen and oxygen atoms in total. The van der Waals surface area contributed by atoms with Gasteiger partial charge in [0.05, 0.1) is 12.4 Å². The quantitative estimate of drug-likeness (QED) is 0.869. The van der Waals surface area contributed by atoms with Crippen LogP contribution in [0.2, 0.25) is 0 Å². The van der Waals surface area contributed by atoms with Crippen molar-refractivity contribution in [3.8, 4) is 11.4 Å². The third-order valence-corrected chi connectivity index (χ3v) is 5.48. The SMILES string of the molecule is Cn1ccnc1-c1cccc(CNS(=O)(=O)CC2CCOC2)c1. The molecule has 1 N–H and O–H groups in total. The third-order valence-electron chi connectivity index (χ3n) is 3.98. The summed E-state index contributed by atoms with van der Waals surface area (Å²) in [5, 5.41) is 0. The Kier molecular flexibility index (Phi) is 4.79. The van der Waals surface area contributed by atoms with Gasteiger partial charge in [0, 0.05) is 38.2 Å². The highest BCUT2D eigenvalue weighted by Crippen LogP contribution is 2.18. The van der Waals surface area contributed by atoms with Crippen LogP contribution in [0.1, 0.15) is 12.0 Å². The van der Waals surface area contributed by atoms with Gasteiger partial charge in [-0.25, -0.2) is 18.1 Å². The molecular weight excluding hydrogens is 314 g/mol. The van der Waals surface area contributed by atoms with E-state index in [-0.39, 0.29) is 18.2 Å². The average molecular weight is 335 g/mol. The highest BCUT2D eigenvalue weighted by molar-refractivity contribution is 7.89. The molecule has 0 amide bonds. The second-order valence-corrected chi connectivity index (χ2v) is 7.75. The van der Waals surface area contributed by atoms with Gasteiger partial charge in [0.15, 0.2) is 0 Å². The molecule has 2 heterocycles. The first-order chi connectivity index (χ1) is 11.0. The first-order valence-electron chi connectivity index (χ1n) is 7.65. The van der Waals surface area contributed by atoms with Gasteiger partial charge in [0.1, 0.15) is 5.82 Å². The van der Waals surface area contributed by atoms with Gasteiger partial charge < -0.3 is 9.30 Å². The van der Waals surface area contributed by atoms with E-state index < -0.39 is 10.0 Å². The van der Waals surface area contributed by atoms with Crippen LogP contribution in [-0.4, -0.2) is 36.9 Å². The van der Waals surface area contributed by atoms with Crippen LogP contribution in [0.3, 0.4) is 0 Å². The number of aromatic nitrogens is 2. The van der Waals surface area contributed by atoms with E-state index in [0.717, 1.165) is 23.4 Å². The minimum absolute atomic E-state index is 0.103. The van der Waals surface area contributed by atoms with E-state index in [1.165, 1.54) is 0 Å². The van der Waals surface area contributed by atoms with Crippen molar-refractivity contribution in [3.05, 3.63) is 42.2 Å². The summed E-state index contributed by atoms with van der Waals surface area (Å²) in [6, 6.07) is 7.76. The Morgan fingerprint density at radius 1 is 1.43 bits per heavy atom. The number of nitrogens with zero attached hydrogens (tertiary/aromatic N) is 2. The molecule has 1 aromatic carbocycles. The minimum Gasteiger partial charge on any atom is -0.381 e. The average Bonchev–Trinajstić information content (AvgIpc) is 3.17. The Morgan fingerprint density at radius 2 is 2.30 bits per heavy atom. The molecule has 7 heteroatoms. The fraction of sp³-hybridized carbons (Fsp3) is 0.438. The van der Waals surface area contributed by atoms with Gasteiger partial charge in [-0.3, -0.25) is 0 Å². The standard InChI is InChI=1S/C16H21N3O3S/c1-19-7-6-17-16(19)15-4-2-3-13(9-15)10-18-23(20,21)12-14-5-8-22-11-14/h2-4,6-7,9,14,18H,5,8,10-12H2,1H3. The minimum atomic E-state index is -3.29. The second kappa shape index (κ2) is 6.82. The highest BCUT2D eigenvalue weighted by atomic mass is 32.2. The molecule has 0 saturated carbocycles. The van der Waals surface area contributed by atoms with Crippen molar-refractivity contribution in [2.75, 3.05) is 19.0 Å². The molecule has 124 valence electrons. The van der Waals surface area contributed by atoms with E-state index in [0.29, 0.717) is 13.2 Å². The van der Waals surface area contributed by atoms with Crippen molar-refractivity contribution in [2.24, 2.45) is 13.0 Å².